The molecule has 0 bridgehead atoms. The third kappa shape index (κ3) is 4.52. The van der Waals surface area contributed by atoms with Crippen LogP contribution in [0.4, 0.5) is 0 Å². The van der Waals surface area contributed by atoms with Gasteiger partial charge in [-0.1, -0.05) is 24.3 Å². The number of rotatable bonds is 9. The zero-order valence-electron chi connectivity index (χ0n) is 19.7. The number of hydrogen-bond donors (Lipinski definition) is 0. The van der Waals surface area contributed by atoms with Crippen LogP contribution in [0.1, 0.15) is 28.2 Å². The fraction of sp³-hybridized carbons (Fsp3) is 0.296. The molecule has 34 heavy (non-hydrogen) atoms. The van der Waals surface area contributed by atoms with Crippen molar-refractivity contribution >= 4 is 33.6 Å². The second-order valence-electron chi connectivity index (χ2n) is 8.32. The minimum Gasteiger partial charge on any atom is -0.456 e. The summed E-state index contributed by atoms with van der Waals surface area (Å²) in [4.78, 5) is 38.4. The number of para-hydroxylation sites is 2. The Hall–Kier alpha value is -3.71. The van der Waals surface area contributed by atoms with Gasteiger partial charge in [0.15, 0.2) is 12.0 Å². The van der Waals surface area contributed by atoms with E-state index in [4.69, 9.17) is 9.47 Å². The van der Waals surface area contributed by atoms with Crippen molar-refractivity contribution in [1.29, 1.82) is 0 Å². The van der Waals surface area contributed by atoms with E-state index in [9.17, 15) is 14.4 Å². The Bertz CT molecular complexity index is 1370. The molecule has 0 unspecified atom stereocenters. The predicted octanol–water partition coefficient (Wildman–Crippen LogP) is 4.04. The first-order valence-electron chi connectivity index (χ1n) is 11.3. The lowest BCUT2D eigenvalue weighted by Crippen LogP contribution is -2.21. The summed E-state index contributed by atoms with van der Waals surface area (Å²) < 4.78 is 14.3. The normalized spacial score (nSPS) is 11.3. The predicted molar refractivity (Wildman–Crippen MR) is 131 cm³/mol. The molecule has 2 aromatic heterocycles. The lowest BCUT2D eigenvalue weighted by Gasteiger charge is -2.14. The molecule has 4 aromatic rings. The smallest absolute Gasteiger partial charge is 0.326 e. The summed E-state index contributed by atoms with van der Waals surface area (Å²) >= 11 is 0. The van der Waals surface area contributed by atoms with Crippen molar-refractivity contribution in [2.24, 2.45) is 0 Å². The van der Waals surface area contributed by atoms with Crippen LogP contribution < -0.4 is 5.43 Å². The average Bonchev–Trinajstić information content (AvgIpc) is 3.13. The number of hydrogen-bond acceptors (Lipinski definition) is 5. The Kier molecular flexibility index (Phi) is 6.93. The first kappa shape index (κ1) is 23.4. The van der Waals surface area contributed by atoms with Crippen molar-refractivity contribution in [2.75, 3.05) is 20.3 Å². The summed E-state index contributed by atoms with van der Waals surface area (Å²) in [5.41, 5.74) is 3.61. The SMILES string of the molecule is COCCCn1c(C)cc(C(=O)COC(=O)Cn2c3ccccc3c(=O)c3ccccc32)c1C. The molecule has 4 rings (SSSR count). The number of fused-ring (bicyclic) bond motifs is 2. The average molecular weight is 461 g/mol. The van der Waals surface area contributed by atoms with Crippen molar-refractivity contribution < 1.29 is 19.1 Å². The van der Waals surface area contributed by atoms with E-state index in [2.05, 4.69) is 4.57 Å². The number of benzene rings is 2. The molecule has 0 aliphatic rings. The van der Waals surface area contributed by atoms with E-state index in [-0.39, 0.29) is 24.4 Å². The standard InChI is InChI=1S/C27H28N2O5/c1-18-15-22(19(2)28(18)13-8-14-33-3)25(30)17-34-26(31)16-29-23-11-6-4-9-20(23)27(32)21-10-5-7-12-24(21)29/h4-7,9-12,15H,8,13-14,16-17H2,1-3H3. The quantitative estimate of drug-likeness (QED) is 0.163. The highest BCUT2D eigenvalue weighted by Gasteiger charge is 2.18. The Morgan fingerprint density at radius 2 is 1.53 bits per heavy atom. The third-order valence-electron chi connectivity index (χ3n) is 6.13. The van der Waals surface area contributed by atoms with Crippen LogP contribution in [0.15, 0.2) is 59.4 Å². The van der Waals surface area contributed by atoms with Gasteiger partial charge < -0.3 is 18.6 Å². The number of aromatic nitrogens is 2. The molecule has 0 aliphatic heterocycles. The van der Waals surface area contributed by atoms with Crippen LogP contribution in [0, 0.1) is 13.8 Å². The molecule has 0 saturated heterocycles. The van der Waals surface area contributed by atoms with Gasteiger partial charge in [0.2, 0.25) is 5.78 Å². The maximum Gasteiger partial charge on any atom is 0.326 e. The number of Topliss-reactive ketones (excluding diaryl/α,β-unsaturated/α-hetero) is 1. The van der Waals surface area contributed by atoms with Gasteiger partial charge in [0.1, 0.15) is 6.54 Å². The largest absolute Gasteiger partial charge is 0.456 e. The van der Waals surface area contributed by atoms with Gasteiger partial charge in [0.25, 0.3) is 0 Å². The first-order valence-corrected chi connectivity index (χ1v) is 11.3. The second kappa shape index (κ2) is 10.1. The molecular weight excluding hydrogens is 432 g/mol. The maximum atomic E-state index is 12.9. The highest BCUT2D eigenvalue weighted by Crippen LogP contribution is 2.20. The zero-order valence-corrected chi connectivity index (χ0v) is 19.7. The minimum atomic E-state index is -0.541. The van der Waals surface area contributed by atoms with Crippen LogP contribution in [0.2, 0.25) is 0 Å². The Morgan fingerprint density at radius 3 is 2.15 bits per heavy atom. The van der Waals surface area contributed by atoms with Crippen LogP contribution in [0.3, 0.4) is 0 Å². The molecule has 7 heteroatoms. The third-order valence-corrected chi connectivity index (χ3v) is 6.13. The molecule has 0 atom stereocenters. The number of nitrogens with zero attached hydrogens (tertiary/aromatic N) is 2. The van der Waals surface area contributed by atoms with E-state index < -0.39 is 5.97 Å². The van der Waals surface area contributed by atoms with Crippen LogP contribution in [-0.2, 0) is 27.4 Å². The monoisotopic (exact) mass is 460 g/mol. The fourth-order valence-corrected chi connectivity index (χ4v) is 4.44. The summed E-state index contributed by atoms with van der Waals surface area (Å²) in [6.07, 6.45) is 0.844. The molecule has 0 amide bonds. The second-order valence-corrected chi connectivity index (χ2v) is 8.32. The van der Waals surface area contributed by atoms with Crippen molar-refractivity contribution in [3.63, 3.8) is 0 Å². The van der Waals surface area contributed by atoms with E-state index in [0.717, 1.165) is 24.4 Å². The summed E-state index contributed by atoms with van der Waals surface area (Å²) in [5.74, 6) is -0.782. The van der Waals surface area contributed by atoms with E-state index >= 15 is 0 Å². The van der Waals surface area contributed by atoms with Crippen LogP contribution >= 0.6 is 0 Å². The first-order chi connectivity index (χ1) is 16.4. The molecule has 0 N–H and O–H groups in total. The van der Waals surface area contributed by atoms with Gasteiger partial charge in [-0.25, -0.2) is 0 Å². The summed E-state index contributed by atoms with van der Waals surface area (Å²) in [7, 11) is 1.66. The molecule has 0 aliphatic carbocycles. The Morgan fingerprint density at radius 1 is 0.912 bits per heavy atom. The van der Waals surface area contributed by atoms with Crippen molar-refractivity contribution in [1.82, 2.24) is 9.13 Å². The minimum absolute atomic E-state index is 0.0770. The van der Waals surface area contributed by atoms with Gasteiger partial charge in [-0.2, -0.15) is 0 Å². The molecule has 2 aromatic carbocycles. The number of methoxy groups -OCH3 is 1. The van der Waals surface area contributed by atoms with Gasteiger partial charge in [-0.05, 0) is 50.6 Å². The fourth-order valence-electron chi connectivity index (χ4n) is 4.44. The molecule has 7 nitrogen and oxygen atoms in total. The van der Waals surface area contributed by atoms with Gasteiger partial charge in [-0.3, -0.25) is 14.4 Å². The number of pyridine rings is 1. The van der Waals surface area contributed by atoms with Crippen LogP contribution in [-0.4, -0.2) is 41.2 Å². The molecule has 0 fully saturated rings. The van der Waals surface area contributed by atoms with E-state index in [1.807, 2.05) is 32.0 Å². The van der Waals surface area contributed by atoms with Crippen molar-refractivity contribution in [3.8, 4) is 0 Å². The van der Waals surface area contributed by atoms with Gasteiger partial charge >= 0.3 is 5.97 Å². The van der Waals surface area contributed by atoms with E-state index in [1.54, 1.807) is 48.1 Å². The zero-order chi connectivity index (χ0) is 24.2. The number of carbonyl (C=O) groups excluding carboxylic acids is 2. The van der Waals surface area contributed by atoms with Crippen LogP contribution in [0.25, 0.3) is 21.8 Å². The van der Waals surface area contributed by atoms with Gasteiger partial charge in [0, 0.05) is 48.0 Å². The summed E-state index contributed by atoms with van der Waals surface area (Å²) in [5, 5.41) is 1.07. The number of carbonyl (C=O) groups is 2. The lowest BCUT2D eigenvalue weighted by molar-refractivity contribution is -0.143. The number of aryl methyl sites for hydroxylation is 1. The van der Waals surface area contributed by atoms with Crippen molar-refractivity contribution in [3.05, 3.63) is 81.8 Å². The molecule has 0 saturated carbocycles. The summed E-state index contributed by atoms with van der Waals surface area (Å²) in [6, 6.07) is 16.2. The summed E-state index contributed by atoms with van der Waals surface area (Å²) in [6.45, 7) is 4.81. The highest BCUT2D eigenvalue weighted by atomic mass is 16.5. The Balaban J connectivity index is 1.52. The van der Waals surface area contributed by atoms with Crippen LogP contribution in [0.5, 0.6) is 0 Å². The molecule has 0 radical (unpaired) electrons. The van der Waals surface area contributed by atoms with E-state index in [0.29, 0.717) is 34.0 Å². The van der Waals surface area contributed by atoms with E-state index in [1.165, 1.54) is 0 Å². The van der Waals surface area contributed by atoms with Crippen molar-refractivity contribution in [2.45, 2.75) is 33.4 Å². The molecule has 176 valence electrons. The van der Waals surface area contributed by atoms with Gasteiger partial charge in [0.05, 0.1) is 11.0 Å². The number of ketones is 1. The number of esters is 1. The maximum absolute atomic E-state index is 12.9. The van der Waals surface area contributed by atoms with Gasteiger partial charge in [-0.15, -0.1) is 0 Å². The molecular formula is C27H28N2O5. The number of ether oxygens (including phenoxy) is 2. The Labute approximate surface area is 197 Å². The highest BCUT2D eigenvalue weighted by molar-refractivity contribution is 5.99. The topological polar surface area (TPSA) is 79.5 Å². The lowest BCUT2D eigenvalue weighted by atomic mass is 10.1. The molecule has 0 spiro atoms. The molecule has 2 heterocycles.